The van der Waals surface area contributed by atoms with Gasteiger partial charge in [-0.05, 0) is 36.5 Å². The van der Waals surface area contributed by atoms with Crippen LogP contribution in [0.4, 0.5) is 0 Å². The minimum atomic E-state index is 0.644. The van der Waals surface area contributed by atoms with Gasteiger partial charge in [-0.3, -0.25) is 0 Å². The molecule has 1 aromatic heterocycles. The van der Waals surface area contributed by atoms with E-state index in [2.05, 4.69) is 72.7 Å². The maximum absolute atomic E-state index is 4.38. The van der Waals surface area contributed by atoms with Crippen LogP contribution in [-0.2, 0) is 19.9 Å². The van der Waals surface area contributed by atoms with Crippen LogP contribution in [0.15, 0.2) is 41.1 Å². The number of rotatable bonds is 6. The number of benzene rings is 1. The average Bonchev–Trinajstić information content (AvgIpc) is 2.80. The van der Waals surface area contributed by atoms with Gasteiger partial charge in [0, 0.05) is 35.7 Å². The summed E-state index contributed by atoms with van der Waals surface area (Å²) in [5.74, 6) is 1.81. The lowest BCUT2D eigenvalue weighted by molar-refractivity contribution is 0.528. The Morgan fingerprint density at radius 2 is 2.21 bits per heavy atom. The summed E-state index contributed by atoms with van der Waals surface area (Å²) in [7, 11) is 2.06. The molecule has 0 amide bonds. The van der Waals surface area contributed by atoms with E-state index >= 15 is 0 Å². The van der Waals surface area contributed by atoms with Gasteiger partial charge < -0.3 is 4.57 Å². The van der Waals surface area contributed by atoms with Gasteiger partial charge in [-0.2, -0.15) is 0 Å². The van der Waals surface area contributed by atoms with E-state index in [1.165, 1.54) is 11.4 Å². The zero-order valence-electron chi connectivity index (χ0n) is 11.0. The van der Waals surface area contributed by atoms with Crippen LogP contribution < -0.4 is 0 Å². The van der Waals surface area contributed by atoms with E-state index in [4.69, 9.17) is 0 Å². The van der Waals surface area contributed by atoms with Crippen LogP contribution in [0.5, 0.6) is 0 Å². The van der Waals surface area contributed by atoms with Crippen LogP contribution in [0.3, 0.4) is 0 Å². The first-order valence-corrected chi connectivity index (χ1v) is 8.37. The minimum absolute atomic E-state index is 0.644. The topological polar surface area (TPSA) is 17.8 Å². The molecule has 0 N–H and O–H groups in total. The molecule has 0 aliphatic rings. The van der Waals surface area contributed by atoms with Gasteiger partial charge in [-0.1, -0.05) is 44.0 Å². The highest BCUT2D eigenvalue weighted by Crippen LogP contribution is 2.19. The fraction of sp³-hybridized carbons (Fsp3) is 0.400. The Kier molecular flexibility index (Phi) is 5.64. The van der Waals surface area contributed by atoms with Crippen LogP contribution in [-0.4, -0.2) is 14.9 Å². The molecule has 19 heavy (non-hydrogen) atoms. The van der Waals surface area contributed by atoms with Crippen LogP contribution in [0.25, 0.3) is 0 Å². The minimum Gasteiger partial charge on any atom is -0.338 e. The fourth-order valence-corrected chi connectivity index (χ4v) is 3.20. The van der Waals surface area contributed by atoms with Crippen LogP contribution in [0.1, 0.15) is 17.8 Å². The molecule has 4 heteroatoms. The second-order valence-corrected chi connectivity index (χ2v) is 6.41. The smallest absolute Gasteiger partial charge is 0.108 e. The van der Waals surface area contributed by atoms with Gasteiger partial charge in [0.25, 0.3) is 0 Å². The number of halogens is 2. The maximum atomic E-state index is 4.38. The molecular formula is C15H18Br2N2. The summed E-state index contributed by atoms with van der Waals surface area (Å²) < 4.78 is 3.26. The molecule has 1 heterocycles. The van der Waals surface area contributed by atoms with Crippen molar-refractivity contribution in [1.29, 1.82) is 0 Å². The summed E-state index contributed by atoms with van der Waals surface area (Å²) >= 11 is 7.16. The SMILES string of the molecule is Cn1ccnc1CCC(CBr)Cc1cccc(Br)c1. The summed E-state index contributed by atoms with van der Waals surface area (Å²) in [5, 5.41) is 1.03. The highest BCUT2D eigenvalue weighted by Gasteiger charge is 2.10. The Morgan fingerprint density at radius 1 is 1.37 bits per heavy atom. The summed E-state index contributed by atoms with van der Waals surface area (Å²) in [6.07, 6.45) is 7.17. The number of aryl methyl sites for hydroxylation is 2. The van der Waals surface area contributed by atoms with Gasteiger partial charge in [0.1, 0.15) is 5.82 Å². The molecule has 102 valence electrons. The molecule has 0 saturated carbocycles. The average molecular weight is 386 g/mol. The molecule has 0 aliphatic heterocycles. The Labute approximate surface area is 131 Å². The van der Waals surface area contributed by atoms with Gasteiger partial charge in [0.05, 0.1) is 0 Å². The van der Waals surface area contributed by atoms with Crippen molar-refractivity contribution < 1.29 is 0 Å². The van der Waals surface area contributed by atoms with Crippen LogP contribution in [0.2, 0.25) is 0 Å². The first-order valence-electron chi connectivity index (χ1n) is 6.45. The van der Waals surface area contributed by atoms with E-state index < -0.39 is 0 Å². The molecule has 0 saturated heterocycles. The van der Waals surface area contributed by atoms with Crippen LogP contribution in [0, 0.1) is 5.92 Å². The van der Waals surface area contributed by atoms with Crippen molar-refractivity contribution in [3.05, 3.63) is 52.5 Å². The summed E-state index contributed by atoms with van der Waals surface area (Å²) in [5.41, 5.74) is 1.39. The molecule has 0 spiro atoms. The lowest BCUT2D eigenvalue weighted by Crippen LogP contribution is -2.09. The van der Waals surface area contributed by atoms with Crippen molar-refractivity contribution >= 4 is 31.9 Å². The molecule has 2 rings (SSSR count). The Morgan fingerprint density at radius 3 is 2.84 bits per heavy atom. The third-order valence-corrected chi connectivity index (χ3v) is 4.74. The van der Waals surface area contributed by atoms with Crippen LogP contribution >= 0.6 is 31.9 Å². The van der Waals surface area contributed by atoms with Gasteiger partial charge in [-0.15, -0.1) is 0 Å². The third kappa shape index (κ3) is 4.46. The van der Waals surface area contributed by atoms with Gasteiger partial charge in [-0.25, -0.2) is 4.98 Å². The van der Waals surface area contributed by atoms with Crippen molar-refractivity contribution in [1.82, 2.24) is 9.55 Å². The highest BCUT2D eigenvalue weighted by atomic mass is 79.9. The van der Waals surface area contributed by atoms with Crippen molar-refractivity contribution in [2.75, 3.05) is 5.33 Å². The van der Waals surface area contributed by atoms with E-state index in [9.17, 15) is 0 Å². The number of imidazole rings is 1. The van der Waals surface area contributed by atoms with Crippen molar-refractivity contribution in [3.63, 3.8) is 0 Å². The summed E-state index contributed by atoms with van der Waals surface area (Å²) in [6.45, 7) is 0. The zero-order valence-corrected chi connectivity index (χ0v) is 14.2. The lowest BCUT2D eigenvalue weighted by Gasteiger charge is -2.14. The van der Waals surface area contributed by atoms with Gasteiger partial charge in [0.2, 0.25) is 0 Å². The molecule has 0 fully saturated rings. The van der Waals surface area contributed by atoms with Gasteiger partial charge >= 0.3 is 0 Å². The molecule has 0 radical (unpaired) electrons. The standard InChI is InChI=1S/C15H18Br2N2/c1-19-8-7-18-15(19)6-5-13(11-16)9-12-3-2-4-14(17)10-12/h2-4,7-8,10,13H,5-6,9,11H2,1H3. The normalized spacial score (nSPS) is 12.6. The Bertz CT molecular complexity index is 522. The Hall–Kier alpha value is -0.610. The number of aromatic nitrogens is 2. The molecule has 0 aliphatic carbocycles. The number of hydrogen-bond donors (Lipinski definition) is 0. The fourth-order valence-electron chi connectivity index (χ4n) is 2.20. The summed E-state index contributed by atoms with van der Waals surface area (Å²) in [6, 6.07) is 8.57. The number of alkyl halides is 1. The first kappa shape index (κ1) is 14.8. The molecule has 2 nitrogen and oxygen atoms in total. The molecular weight excluding hydrogens is 368 g/mol. The largest absolute Gasteiger partial charge is 0.338 e. The van der Waals surface area contributed by atoms with E-state index in [1.807, 2.05) is 12.4 Å². The predicted molar refractivity (Wildman–Crippen MR) is 86.7 cm³/mol. The molecule has 0 bridgehead atoms. The van der Waals surface area contributed by atoms with E-state index in [-0.39, 0.29) is 0 Å². The summed E-state index contributed by atoms with van der Waals surface area (Å²) in [4.78, 5) is 4.38. The number of nitrogens with zero attached hydrogens (tertiary/aromatic N) is 2. The van der Waals surface area contributed by atoms with Gasteiger partial charge in [0.15, 0.2) is 0 Å². The first-order chi connectivity index (χ1) is 9.19. The monoisotopic (exact) mass is 384 g/mol. The van der Waals surface area contributed by atoms with Crippen molar-refractivity contribution in [2.24, 2.45) is 13.0 Å². The molecule has 1 unspecified atom stereocenters. The van der Waals surface area contributed by atoms with Crippen molar-refractivity contribution in [2.45, 2.75) is 19.3 Å². The second-order valence-electron chi connectivity index (χ2n) is 4.85. The number of hydrogen-bond acceptors (Lipinski definition) is 1. The maximum Gasteiger partial charge on any atom is 0.108 e. The highest BCUT2D eigenvalue weighted by molar-refractivity contribution is 9.10. The molecule has 1 atom stereocenters. The lowest BCUT2D eigenvalue weighted by atomic mass is 9.96. The Balaban J connectivity index is 1.92. The predicted octanol–water partition coefficient (Wildman–Crippen LogP) is 4.37. The quantitative estimate of drug-likeness (QED) is 0.675. The van der Waals surface area contributed by atoms with Crippen molar-refractivity contribution in [3.8, 4) is 0 Å². The molecule has 2 aromatic rings. The molecule has 1 aromatic carbocycles. The van der Waals surface area contributed by atoms with E-state index in [0.717, 1.165) is 29.1 Å². The third-order valence-electron chi connectivity index (χ3n) is 3.33. The second kappa shape index (κ2) is 7.25. The zero-order chi connectivity index (χ0) is 13.7. The van der Waals surface area contributed by atoms with E-state index in [0.29, 0.717) is 5.92 Å². The van der Waals surface area contributed by atoms with E-state index in [1.54, 1.807) is 0 Å².